The van der Waals surface area contributed by atoms with E-state index in [0.717, 1.165) is 38.7 Å². The summed E-state index contributed by atoms with van der Waals surface area (Å²) >= 11 is 0. The average molecular weight is 300 g/mol. The monoisotopic (exact) mass is 300 g/mol. The number of carbonyl (C=O) groups excluding carboxylic acids is 1. The summed E-state index contributed by atoms with van der Waals surface area (Å²) in [5.41, 5.74) is 0. The van der Waals surface area contributed by atoms with Crippen molar-refractivity contribution in [2.24, 2.45) is 5.92 Å². The number of esters is 1. The molecule has 0 saturated carbocycles. The van der Waals surface area contributed by atoms with E-state index in [1.54, 1.807) is 6.92 Å². The molecule has 0 amide bonds. The third-order valence-electron chi connectivity index (χ3n) is 4.54. The second kappa shape index (κ2) is 8.11. The standard InChI is InChI=1S/C16H28O5/c1-3-19-16(18)9-13(17)11(2)5-4-6-14-15-8-7-12(21-15)10-20-14/h11-15,17H,3-10H2,1-2H3. The minimum Gasteiger partial charge on any atom is -0.466 e. The number of aliphatic hydroxyl groups excluding tert-OH is 1. The molecule has 0 aromatic heterocycles. The maximum Gasteiger partial charge on any atom is 0.308 e. The van der Waals surface area contributed by atoms with Crippen molar-refractivity contribution in [3.05, 3.63) is 0 Å². The molecule has 21 heavy (non-hydrogen) atoms. The predicted molar refractivity (Wildman–Crippen MR) is 77.9 cm³/mol. The zero-order valence-electron chi connectivity index (χ0n) is 13.1. The van der Waals surface area contributed by atoms with Gasteiger partial charge < -0.3 is 19.3 Å². The Morgan fingerprint density at radius 3 is 3.00 bits per heavy atom. The molecule has 2 aliphatic rings. The summed E-state index contributed by atoms with van der Waals surface area (Å²) in [4.78, 5) is 11.3. The first kappa shape index (κ1) is 16.7. The van der Waals surface area contributed by atoms with Crippen LogP contribution in [0.5, 0.6) is 0 Å². The molecule has 122 valence electrons. The van der Waals surface area contributed by atoms with E-state index in [0.29, 0.717) is 12.7 Å². The van der Waals surface area contributed by atoms with Crippen LogP contribution in [0.15, 0.2) is 0 Å². The molecule has 1 N–H and O–H groups in total. The second-order valence-electron chi connectivity index (χ2n) is 6.23. The summed E-state index contributed by atoms with van der Waals surface area (Å²) in [6.07, 6.45) is 5.32. The number of aliphatic hydroxyl groups is 1. The minimum absolute atomic E-state index is 0.0857. The molecule has 0 aromatic carbocycles. The van der Waals surface area contributed by atoms with Crippen LogP contribution in [0.25, 0.3) is 0 Å². The minimum atomic E-state index is -0.622. The maximum absolute atomic E-state index is 11.3. The van der Waals surface area contributed by atoms with Crippen LogP contribution in [0.1, 0.15) is 52.4 Å². The van der Waals surface area contributed by atoms with E-state index < -0.39 is 6.10 Å². The normalized spacial score (nSPS) is 30.9. The average Bonchev–Trinajstić information content (AvgIpc) is 2.83. The SMILES string of the molecule is CCOC(=O)CC(O)C(C)CCCC1OCC2CCC1O2. The lowest BCUT2D eigenvalue weighted by atomic mass is 9.94. The summed E-state index contributed by atoms with van der Waals surface area (Å²) < 4.78 is 16.6. The molecule has 2 heterocycles. The predicted octanol–water partition coefficient (Wildman–Crippen LogP) is 2.05. The van der Waals surface area contributed by atoms with Crippen LogP contribution in [0.3, 0.4) is 0 Å². The van der Waals surface area contributed by atoms with Crippen molar-refractivity contribution in [2.45, 2.75) is 76.8 Å². The van der Waals surface area contributed by atoms with Crippen molar-refractivity contribution in [1.29, 1.82) is 0 Å². The number of ether oxygens (including phenoxy) is 3. The van der Waals surface area contributed by atoms with Gasteiger partial charge in [-0.1, -0.05) is 13.3 Å². The molecule has 2 aliphatic heterocycles. The van der Waals surface area contributed by atoms with E-state index in [1.165, 1.54) is 0 Å². The molecule has 2 bridgehead atoms. The summed E-state index contributed by atoms with van der Waals surface area (Å²) in [6.45, 7) is 4.84. The van der Waals surface area contributed by atoms with Crippen molar-refractivity contribution >= 4 is 5.97 Å². The van der Waals surface area contributed by atoms with Crippen molar-refractivity contribution in [2.75, 3.05) is 13.2 Å². The van der Waals surface area contributed by atoms with Crippen LogP contribution in [0.2, 0.25) is 0 Å². The maximum atomic E-state index is 11.3. The van der Waals surface area contributed by atoms with Gasteiger partial charge in [-0.2, -0.15) is 0 Å². The van der Waals surface area contributed by atoms with Gasteiger partial charge in [0.1, 0.15) is 0 Å². The summed E-state index contributed by atoms with van der Waals surface area (Å²) in [7, 11) is 0. The van der Waals surface area contributed by atoms with E-state index >= 15 is 0 Å². The first-order valence-electron chi connectivity index (χ1n) is 8.21. The summed E-state index contributed by atoms with van der Waals surface area (Å²) in [6, 6.07) is 0. The van der Waals surface area contributed by atoms with E-state index in [-0.39, 0.29) is 30.5 Å². The quantitative estimate of drug-likeness (QED) is 0.695. The van der Waals surface area contributed by atoms with Crippen LogP contribution >= 0.6 is 0 Å². The van der Waals surface area contributed by atoms with Gasteiger partial charge in [0, 0.05) is 0 Å². The van der Waals surface area contributed by atoms with E-state index in [9.17, 15) is 9.90 Å². The van der Waals surface area contributed by atoms with Crippen molar-refractivity contribution in [3.63, 3.8) is 0 Å². The largest absolute Gasteiger partial charge is 0.466 e. The molecular formula is C16H28O5. The highest BCUT2D eigenvalue weighted by Crippen LogP contribution is 2.31. The lowest BCUT2D eigenvalue weighted by Crippen LogP contribution is -2.37. The van der Waals surface area contributed by atoms with Gasteiger partial charge in [0.05, 0.1) is 44.1 Å². The van der Waals surface area contributed by atoms with Crippen molar-refractivity contribution in [1.82, 2.24) is 0 Å². The molecule has 5 nitrogen and oxygen atoms in total. The number of carbonyl (C=O) groups is 1. The summed E-state index contributed by atoms with van der Waals surface area (Å²) in [5, 5.41) is 10.00. The Morgan fingerprint density at radius 1 is 1.43 bits per heavy atom. The number of fused-ring (bicyclic) bond motifs is 2. The van der Waals surface area contributed by atoms with Crippen molar-refractivity contribution in [3.8, 4) is 0 Å². The fraction of sp³-hybridized carbons (Fsp3) is 0.938. The Morgan fingerprint density at radius 2 is 2.24 bits per heavy atom. The van der Waals surface area contributed by atoms with E-state index in [2.05, 4.69) is 0 Å². The highest BCUT2D eigenvalue weighted by molar-refractivity contribution is 5.69. The lowest BCUT2D eigenvalue weighted by molar-refractivity contribution is -0.148. The topological polar surface area (TPSA) is 65.0 Å². The number of rotatable bonds is 8. The first-order chi connectivity index (χ1) is 10.1. The molecular weight excluding hydrogens is 272 g/mol. The highest BCUT2D eigenvalue weighted by atomic mass is 16.6. The third-order valence-corrected chi connectivity index (χ3v) is 4.54. The fourth-order valence-electron chi connectivity index (χ4n) is 3.16. The van der Waals surface area contributed by atoms with Gasteiger partial charge in [0.25, 0.3) is 0 Å². The molecule has 0 aromatic rings. The highest BCUT2D eigenvalue weighted by Gasteiger charge is 2.37. The van der Waals surface area contributed by atoms with Gasteiger partial charge in [-0.3, -0.25) is 4.79 Å². The third kappa shape index (κ3) is 4.94. The Balaban J connectivity index is 1.62. The van der Waals surface area contributed by atoms with Gasteiger partial charge >= 0.3 is 5.97 Å². The number of hydrogen-bond donors (Lipinski definition) is 1. The lowest BCUT2D eigenvalue weighted by Gasteiger charge is -2.30. The van der Waals surface area contributed by atoms with Crippen LogP contribution in [-0.4, -0.2) is 48.7 Å². The molecule has 2 fully saturated rings. The Bertz CT molecular complexity index is 333. The Kier molecular flexibility index (Phi) is 6.45. The smallest absolute Gasteiger partial charge is 0.308 e. The molecule has 0 aliphatic carbocycles. The zero-order chi connectivity index (χ0) is 15.2. The molecule has 0 radical (unpaired) electrons. The van der Waals surface area contributed by atoms with Gasteiger partial charge in [-0.05, 0) is 38.5 Å². The van der Waals surface area contributed by atoms with Crippen LogP contribution in [-0.2, 0) is 19.0 Å². The van der Waals surface area contributed by atoms with Gasteiger partial charge in [-0.15, -0.1) is 0 Å². The van der Waals surface area contributed by atoms with Crippen LogP contribution in [0, 0.1) is 5.92 Å². The molecule has 2 rings (SSSR count). The second-order valence-corrected chi connectivity index (χ2v) is 6.23. The number of hydrogen-bond acceptors (Lipinski definition) is 5. The molecule has 5 atom stereocenters. The molecule has 0 spiro atoms. The summed E-state index contributed by atoms with van der Waals surface area (Å²) in [5.74, 6) is -0.229. The zero-order valence-corrected chi connectivity index (χ0v) is 13.1. The fourth-order valence-corrected chi connectivity index (χ4v) is 3.16. The van der Waals surface area contributed by atoms with Crippen LogP contribution in [0.4, 0.5) is 0 Å². The molecule has 5 heteroatoms. The van der Waals surface area contributed by atoms with E-state index in [4.69, 9.17) is 14.2 Å². The van der Waals surface area contributed by atoms with Crippen molar-refractivity contribution < 1.29 is 24.1 Å². The molecule has 5 unspecified atom stereocenters. The Hall–Kier alpha value is -0.650. The van der Waals surface area contributed by atoms with Gasteiger partial charge in [0.2, 0.25) is 0 Å². The molecule has 2 saturated heterocycles. The van der Waals surface area contributed by atoms with Crippen LogP contribution < -0.4 is 0 Å². The first-order valence-corrected chi connectivity index (χ1v) is 8.21. The van der Waals surface area contributed by atoms with Gasteiger partial charge in [-0.25, -0.2) is 0 Å². The Labute approximate surface area is 126 Å². The van der Waals surface area contributed by atoms with E-state index in [1.807, 2.05) is 6.92 Å². The van der Waals surface area contributed by atoms with Gasteiger partial charge in [0.15, 0.2) is 0 Å².